The van der Waals surface area contributed by atoms with Crippen molar-refractivity contribution in [3.8, 4) is 0 Å². The van der Waals surface area contributed by atoms with Crippen molar-refractivity contribution in [3.63, 3.8) is 0 Å². The zero-order valence-electron chi connectivity index (χ0n) is 10.4. The molecule has 0 radical (unpaired) electrons. The number of hydrogen-bond acceptors (Lipinski definition) is 3. The minimum absolute atomic E-state index is 0.212. The number of rotatable bonds is 2. The predicted molar refractivity (Wildman–Crippen MR) is 72.9 cm³/mol. The summed E-state index contributed by atoms with van der Waals surface area (Å²) in [4.78, 5) is 18.0. The third kappa shape index (κ3) is 2.46. The molecule has 5 heteroatoms. The first-order valence-electron chi connectivity index (χ1n) is 5.46. The Balaban J connectivity index is 2.32. The van der Waals surface area contributed by atoms with E-state index < -0.39 is 0 Å². The van der Waals surface area contributed by atoms with Crippen LogP contribution < -0.4 is 4.90 Å². The highest BCUT2D eigenvalue weighted by molar-refractivity contribution is 9.10. The number of hydrogen-bond donors (Lipinski definition) is 0. The average molecular weight is 309 g/mol. The maximum absolute atomic E-state index is 12.3. The summed E-state index contributed by atoms with van der Waals surface area (Å²) in [5.41, 5.74) is 1.66. The van der Waals surface area contributed by atoms with Crippen molar-refractivity contribution in [3.05, 3.63) is 46.0 Å². The predicted octanol–water partition coefficient (Wildman–Crippen LogP) is 3.33. The Labute approximate surface area is 114 Å². The van der Waals surface area contributed by atoms with Crippen molar-refractivity contribution < 1.29 is 9.21 Å². The second-order valence-electron chi connectivity index (χ2n) is 4.06. The number of halogens is 1. The molecule has 1 amide bonds. The molecular weight excluding hydrogens is 296 g/mol. The topological polar surface area (TPSA) is 46.3 Å². The van der Waals surface area contributed by atoms with E-state index in [0.29, 0.717) is 16.2 Å². The summed E-state index contributed by atoms with van der Waals surface area (Å²) in [6.45, 7) is 3.72. The molecule has 0 aliphatic heterocycles. The van der Waals surface area contributed by atoms with Crippen molar-refractivity contribution in [1.82, 2.24) is 4.98 Å². The van der Waals surface area contributed by atoms with E-state index in [9.17, 15) is 4.79 Å². The molecule has 18 heavy (non-hydrogen) atoms. The van der Waals surface area contributed by atoms with E-state index in [1.807, 2.05) is 26.0 Å². The quantitative estimate of drug-likeness (QED) is 0.855. The number of amides is 1. The number of aromatic nitrogens is 1. The molecule has 2 aromatic rings. The first kappa shape index (κ1) is 12.8. The first-order valence-corrected chi connectivity index (χ1v) is 6.26. The Morgan fingerprint density at radius 3 is 2.67 bits per heavy atom. The summed E-state index contributed by atoms with van der Waals surface area (Å²) >= 11 is 3.22. The van der Waals surface area contributed by atoms with Gasteiger partial charge in [-0.15, -0.1) is 0 Å². The van der Waals surface area contributed by atoms with Crippen molar-refractivity contribution >= 4 is 27.7 Å². The van der Waals surface area contributed by atoms with Gasteiger partial charge in [0.1, 0.15) is 5.82 Å². The van der Waals surface area contributed by atoms with Gasteiger partial charge in [-0.25, -0.2) is 4.98 Å². The van der Waals surface area contributed by atoms with Crippen LogP contribution in [0.2, 0.25) is 0 Å². The Bertz CT molecular complexity index is 592. The van der Waals surface area contributed by atoms with Gasteiger partial charge in [-0.2, -0.15) is 0 Å². The van der Waals surface area contributed by atoms with Gasteiger partial charge in [0.2, 0.25) is 0 Å². The van der Waals surface area contributed by atoms with Gasteiger partial charge < -0.3 is 4.42 Å². The zero-order valence-corrected chi connectivity index (χ0v) is 12.0. The van der Waals surface area contributed by atoms with Gasteiger partial charge in [-0.3, -0.25) is 9.69 Å². The van der Waals surface area contributed by atoms with E-state index in [2.05, 4.69) is 20.9 Å². The molecule has 0 aliphatic rings. The molecule has 2 rings (SSSR count). The van der Waals surface area contributed by atoms with Crippen LogP contribution in [-0.2, 0) is 0 Å². The summed E-state index contributed by atoms with van der Waals surface area (Å²) in [7, 11) is 1.68. The van der Waals surface area contributed by atoms with E-state index in [1.165, 1.54) is 4.90 Å². The molecule has 0 atom stereocenters. The molecule has 0 saturated heterocycles. The largest absolute Gasteiger partial charge is 0.444 e. The summed E-state index contributed by atoms with van der Waals surface area (Å²) in [6, 6.07) is 7.31. The van der Waals surface area contributed by atoms with Gasteiger partial charge in [0.25, 0.3) is 5.91 Å². The Kier molecular flexibility index (Phi) is 3.52. The lowest BCUT2D eigenvalue weighted by molar-refractivity contribution is 0.0963. The van der Waals surface area contributed by atoms with Crippen molar-refractivity contribution in [2.45, 2.75) is 13.8 Å². The fraction of sp³-hybridized carbons (Fsp3) is 0.231. The van der Waals surface area contributed by atoms with Gasteiger partial charge in [0.15, 0.2) is 10.4 Å². The second kappa shape index (κ2) is 4.94. The molecule has 0 bridgehead atoms. The van der Waals surface area contributed by atoms with E-state index in [0.717, 1.165) is 11.3 Å². The smallest absolute Gasteiger partial charge is 0.295 e. The number of nitrogens with zero attached hydrogens (tertiary/aromatic N) is 2. The van der Waals surface area contributed by atoms with Gasteiger partial charge in [-0.1, -0.05) is 6.07 Å². The monoisotopic (exact) mass is 308 g/mol. The number of carbonyl (C=O) groups excluding carboxylic acids is 1. The van der Waals surface area contributed by atoms with Crippen LogP contribution in [0, 0.1) is 13.8 Å². The van der Waals surface area contributed by atoms with Gasteiger partial charge >= 0.3 is 0 Å². The lowest BCUT2D eigenvalue weighted by Gasteiger charge is -2.15. The van der Waals surface area contributed by atoms with Gasteiger partial charge in [-0.05, 0) is 48.0 Å². The summed E-state index contributed by atoms with van der Waals surface area (Å²) in [5.74, 6) is 0.718. The highest BCUT2D eigenvalue weighted by Gasteiger charge is 2.20. The molecular formula is C13H13BrN2O2. The van der Waals surface area contributed by atoms with Crippen LogP contribution in [0.25, 0.3) is 0 Å². The molecule has 2 aromatic heterocycles. The Morgan fingerprint density at radius 2 is 2.11 bits per heavy atom. The molecule has 0 unspecified atom stereocenters. The summed E-state index contributed by atoms with van der Waals surface area (Å²) < 4.78 is 5.90. The van der Waals surface area contributed by atoms with Crippen LogP contribution in [0.15, 0.2) is 33.4 Å². The third-order valence-corrected chi connectivity index (χ3v) is 2.99. The first-order chi connectivity index (χ1) is 8.49. The highest BCUT2D eigenvalue weighted by Crippen LogP contribution is 2.22. The molecule has 0 aromatic carbocycles. The number of anilines is 1. The van der Waals surface area contributed by atoms with Gasteiger partial charge in [0.05, 0.1) is 0 Å². The second-order valence-corrected chi connectivity index (χ2v) is 4.85. The molecule has 4 nitrogen and oxygen atoms in total. The van der Waals surface area contributed by atoms with Crippen LogP contribution in [0.4, 0.5) is 5.82 Å². The van der Waals surface area contributed by atoms with Crippen LogP contribution in [0.3, 0.4) is 0 Å². The standard InChI is InChI=1S/C13H13BrN2O2/c1-8-7-10(14)18-12(8)13(17)16(3)11-6-4-5-9(2)15-11/h4-7H,1-3H3. The van der Waals surface area contributed by atoms with Crippen LogP contribution in [-0.4, -0.2) is 17.9 Å². The van der Waals surface area contributed by atoms with E-state index in [-0.39, 0.29) is 5.91 Å². The lowest BCUT2D eigenvalue weighted by atomic mass is 10.2. The summed E-state index contributed by atoms with van der Waals surface area (Å²) in [5, 5.41) is 0. The van der Waals surface area contributed by atoms with Crippen LogP contribution >= 0.6 is 15.9 Å². The molecule has 0 saturated carbocycles. The maximum atomic E-state index is 12.3. The normalized spacial score (nSPS) is 10.4. The molecule has 0 aliphatic carbocycles. The van der Waals surface area contributed by atoms with E-state index in [1.54, 1.807) is 19.2 Å². The highest BCUT2D eigenvalue weighted by atomic mass is 79.9. The van der Waals surface area contributed by atoms with Crippen LogP contribution in [0.1, 0.15) is 21.8 Å². The lowest BCUT2D eigenvalue weighted by Crippen LogP contribution is -2.27. The van der Waals surface area contributed by atoms with Crippen molar-refractivity contribution in [2.75, 3.05) is 11.9 Å². The number of furan rings is 1. The Hall–Kier alpha value is -1.62. The SMILES string of the molecule is Cc1cccc(N(C)C(=O)c2oc(Br)cc2C)n1. The third-order valence-electron chi connectivity index (χ3n) is 2.60. The van der Waals surface area contributed by atoms with E-state index in [4.69, 9.17) is 4.42 Å². The number of aryl methyl sites for hydroxylation is 2. The summed E-state index contributed by atoms with van der Waals surface area (Å²) in [6.07, 6.45) is 0. The number of pyridine rings is 1. The van der Waals surface area contributed by atoms with E-state index >= 15 is 0 Å². The fourth-order valence-electron chi connectivity index (χ4n) is 1.63. The van der Waals surface area contributed by atoms with Crippen LogP contribution in [0.5, 0.6) is 0 Å². The maximum Gasteiger partial charge on any atom is 0.295 e. The molecule has 0 N–H and O–H groups in total. The zero-order chi connectivity index (χ0) is 13.3. The minimum Gasteiger partial charge on any atom is -0.444 e. The van der Waals surface area contributed by atoms with Crippen molar-refractivity contribution in [1.29, 1.82) is 0 Å². The molecule has 2 heterocycles. The molecule has 94 valence electrons. The van der Waals surface area contributed by atoms with Crippen molar-refractivity contribution in [2.24, 2.45) is 0 Å². The van der Waals surface area contributed by atoms with Gasteiger partial charge in [0, 0.05) is 18.3 Å². The number of carbonyl (C=O) groups is 1. The molecule has 0 fully saturated rings. The Morgan fingerprint density at radius 1 is 1.39 bits per heavy atom. The fourth-order valence-corrected chi connectivity index (χ4v) is 2.13. The minimum atomic E-state index is -0.212. The average Bonchev–Trinajstić information content (AvgIpc) is 2.66. The molecule has 0 spiro atoms.